The highest BCUT2D eigenvalue weighted by Gasteiger charge is 2.24. The lowest BCUT2D eigenvalue weighted by Gasteiger charge is -2.20. The molecule has 1 aromatic carbocycles. The third-order valence-corrected chi connectivity index (χ3v) is 3.43. The molecule has 1 N–H and O–H groups in total. The van der Waals surface area contributed by atoms with Gasteiger partial charge in [-0.1, -0.05) is 32.0 Å². The Kier molecular flexibility index (Phi) is 4.62. The van der Waals surface area contributed by atoms with E-state index < -0.39 is 12.0 Å². The van der Waals surface area contributed by atoms with E-state index in [1.54, 1.807) is 0 Å². The van der Waals surface area contributed by atoms with E-state index in [1.807, 2.05) is 54.9 Å². The van der Waals surface area contributed by atoms with Crippen LogP contribution in [0.5, 0.6) is 0 Å². The number of ether oxygens (including phenoxy) is 1. The highest BCUT2D eigenvalue weighted by atomic mass is 16.5. The van der Waals surface area contributed by atoms with E-state index in [0.29, 0.717) is 0 Å². The van der Waals surface area contributed by atoms with Crippen LogP contribution in [0.1, 0.15) is 13.8 Å². The summed E-state index contributed by atoms with van der Waals surface area (Å²) in [7, 11) is 1.32. The van der Waals surface area contributed by atoms with Crippen LogP contribution in [0.15, 0.2) is 36.5 Å². The van der Waals surface area contributed by atoms with Crippen LogP contribution in [0.3, 0.4) is 0 Å². The van der Waals surface area contributed by atoms with Gasteiger partial charge in [0.1, 0.15) is 12.6 Å². The fraction of sp³-hybridized carbons (Fsp3) is 0.375. The minimum absolute atomic E-state index is 0.0252. The van der Waals surface area contributed by atoms with Crippen LogP contribution in [0, 0.1) is 5.92 Å². The third kappa shape index (κ3) is 3.42. The lowest BCUT2D eigenvalue weighted by molar-refractivity contribution is -0.146. The molecule has 0 fully saturated rings. The van der Waals surface area contributed by atoms with Crippen LogP contribution in [-0.2, 0) is 20.9 Å². The Morgan fingerprint density at radius 3 is 2.62 bits per heavy atom. The molecule has 1 atom stereocenters. The second kappa shape index (κ2) is 6.43. The SMILES string of the molecule is COC(=O)[C@@H](NC(=O)Cn1ccc2ccccc21)C(C)C. The Hall–Kier alpha value is -2.30. The van der Waals surface area contributed by atoms with Crippen LogP contribution in [-0.4, -0.2) is 29.6 Å². The molecule has 0 bridgehead atoms. The number of methoxy groups -OCH3 is 1. The largest absolute Gasteiger partial charge is 0.467 e. The summed E-state index contributed by atoms with van der Waals surface area (Å²) in [6.45, 7) is 3.91. The topological polar surface area (TPSA) is 60.3 Å². The van der Waals surface area contributed by atoms with Gasteiger partial charge in [0.05, 0.1) is 7.11 Å². The Labute approximate surface area is 123 Å². The molecule has 0 radical (unpaired) electrons. The van der Waals surface area contributed by atoms with E-state index in [0.717, 1.165) is 10.9 Å². The first-order chi connectivity index (χ1) is 10.0. The van der Waals surface area contributed by atoms with Gasteiger partial charge in [-0.25, -0.2) is 4.79 Å². The average molecular weight is 288 g/mol. The molecule has 0 unspecified atom stereocenters. The number of para-hydroxylation sites is 1. The Morgan fingerprint density at radius 1 is 1.24 bits per heavy atom. The molecule has 0 aliphatic carbocycles. The first-order valence-corrected chi connectivity index (χ1v) is 6.94. The number of esters is 1. The average Bonchev–Trinajstić information content (AvgIpc) is 2.87. The molecule has 2 rings (SSSR count). The number of nitrogens with one attached hydrogen (secondary N) is 1. The van der Waals surface area contributed by atoms with Gasteiger partial charge in [-0.3, -0.25) is 4.79 Å². The first-order valence-electron chi connectivity index (χ1n) is 6.94. The zero-order chi connectivity index (χ0) is 15.4. The number of nitrogens with zero attached hydrogens (tertiary/aromatic N) is 1. The summed E-state index contributed by atoms with van der Waals surface area (Å²) in [5.74, 6) is -0.654. The summed E-state index contributed by atoms with van der Waals surface area (Å²) in [6.07, 6.45) is 1.87. The van der Waals surface area contributed by atoms with Crippen LogP contribution >= 0.6 is 0 Å². The minimum atomic E-state index is -0.621. The summed E-state index contributed by atoms with van der Waals surface area (Å²) in [4.78, 5) is 23.8. The van der Waals surface area contributed by atoms with Gasteiger partial charge in [0.25, 0.3) is 0 Å². The van der Waals surface area contributed by atoms with Gasteiger partial charge in [0.2, 0.25) is 5.91 Å². The number of hydrogen-bond donors (Lipinski definition) is 1. The molecule has 1 amide bonds. The number of carbonyl (C=O) groups is 2. The number of aromatic nitrogens is 1. The van der Waals surface area contributed by atoms with E-state index in [-0.39, 0.29) is 18.4 Å². The second-order valence-electron chi connectivity index (χ2n) is 5.31. The van der Waals surface area contributed by atoms with E-state index in [9.17, 15) is 9.59 Å². The van der Waals surface area contributed by atoms with E-state index in [2.05, 4.69) is 5.32 Å². The molecule has 0 aliphatic rings. The smallest absolute Gasteiger partial charge is 0.328 e. The van der Waals surface area contributed by atoms with Crippen molar-refractivity contribution < 1.29 is 14.3 Å². The maximum atomic E-state index is 12.1. The Balaban J connectivity index is 2.09. The predicted molar refractivity (Wildman–Crippen MR) is 80.7 cm³/mol. The predicted octanol–water partition coefficient (Wildman–Crippen LogP) is 1.96. The lowest BCUT2D eigenvalue weighted by atomic mass is 10.0. The number of hydrogen-bond acceptors (Lipinski definition) is 3. The van der Waals surface area contributed by atoms with Gasteiger partial charge >= 0.3 is 5.97 Å². The molecule has 0 saturated carbocycles. The van der Waals surface area contributed by atoms with Crippen molar-refractivity contribution in [3.05, 3.63) is 36.5 Å². The molecule has 2 aromatic rings. The van der Waals surface area contributed by atoms with Crippen molar-refractivity contribution in [1.29, 1.82) is 0 Å². The molecule has 0 aliphatic heterocycles. The zero-order valence-corrected chi connectivity index (χ0v) is 12.5. The van der Waals surface area contributed by atoms with E-state index in [1.165, 1.54) is 7.11 Å². The van der Waals surface area contributed by atoms with Crippen molar-refractivity contribution in [2.45, 2.75) is 26.4 Å². The molecule has 1 heterocycles. The molecular weight excluding hydrogens is 268 g/mol. The highest BCUT2D eigenvalue weighted by molar-refractivity contribution is 5.86. The standard InChI is InChI=1S/C16H20N2O3/c1-11(2)15(16(20)21-3)17-14(19)10-18-9-8-12-6-4-5-7-13(12)18/h4-9,11,15H,10H2,1-3H3,(H,17,19)/t15-/m0/s1. The third-order valence-electron chi connectivity index (χ3n) is 3.43. The highest BCUT2D eigenvalue weighted by Crippen LogP contribution is 2.14. The monoisotopic (exact) mass is 288 g/mol. The van der Waals surface area contributed by atoms with Gasteiger partial charge in [-0.2, -0.15) is 0 Å². The fourth-order valence-electron chi connectivity index (χ4n) is 2.28. The maximum absolute atomic E-state index is 12.1. The van der Waals surface area contributed by atoms with Crippen molar-refractivity contribution in [2.24, 2.45) is 5.92 Å². The summed E-state index contributed by atoms with van der Waals surface area (Å²) in [6, 6.07) is 9.19. The van der Waals surface area contributed by atoms with E-state index in [4.69, 9.17) is 4.74 Å². The number of carbonyl (C=O) groups excluding carboxylic acids is 2. The minimum Gasteiger partial charge on any atom is -0.467 e. The van der Waals surface area contributed by atoms with Crippen LogP contribution in [0.25, 0.3) is 10.9 Å². The molecule has 1 aromatic heterocycles. The van der Waals surface area contributed by atoms with Crippen molar-refractivity contribution in [1.82, 2.24) is 9.88 Å². The van der Waals surface area contributed by atoms with Gasteiger partial charge in [0, 0.05) is 11.7 Å². The van der Waals surface area contributed by atoms with Crippen molar-refractivity contribution in [3.63, 3.8) is 0 Å². The molecule has 5 heteroatoms. The number of rotatable bonds is 5. The molecule has 0 spiro atoms. The normalized spacial score (nSPS) is 12.4. The van der Waals surface area contributed by atoms with Gasteiger partial charge in [-0.05, 0) is 23.4 Å². The van der Waals surface area contributed by atoms with Crippen LogP contribution in [0.4, 0.5) is 0 Å². The van der Waals surface area contributed by atoms with Crippen molar-refractivity contribution >= 4 is 22.8 Å². The lowest BCUT2D eigenvalue weighted by Crippen LogP contribution is -2.46. The number of fused-ring (bicyclic) bond motifs is 1. The van der Waals surface area contributed by atoms with E-state index >= 15 is 0 Å². The molecule has 0 saturated heterocycles. The molecule has 112 valence electrons. The summed E-state index contributed by atoms with van der Waals surface area (Å²) >= 11 is 0. The Bertz CT molecular complexity index is 646. The summed E-state index contributed by atoms with van der Waals surface area (Å²) in [5.41, 5.74) is 0.992. The van der Waals surface area contributed by atoms with Gasteiger partial charge in [-0.15, -0.1) is 0 Å². The first kappa shape index (κ1) is 15.1. The van der Waals surface area contributed by atoms with Crippen molar-refractivity contribution in [2.75, 3.05) is 7.11 Å². The number of amides is 1. The molecule has 5 nitrogen and oxygen atoms in total. The number of benzene rings is 1. The zero-order valence-electron chi connectivity index (χ0n) is 12.5. The summed E-state index contributed by atoms with van der Waals surface area (Å²) < 4.78 is 6.58. The van der Waals surface area contributed by atoms with Crippen LogP contribution < -0.4 is 5.32 Å². The fourth-order valence-corrected chi connectivity index (χ4v) is 2.28. The molecule has 21 heavy (non-hydrogen) atoms. The maximum Gasteiger partial charge on any atom is 0.328 e. The van der Waals surface area contributed by atoms with Crippen LogP contribution in [0.2, 0.25) is 0 Å². The van der Waals surface area contributed by atoms with Crippen molar-refractivity contribution in [3.8, 4) is 0 Å². The molecular formula is C16H20N2O3. The van der Waals surface area contributed by atoms with Gasteiger partial charge < -0.3 is 14.6 Å². The second-order valence-corrected chi connectivity index (χ2v) is 5.31. The summed E-state index contributed by atoms with van der Waals surface area (Å²) in [5, 5.41) is 3.82. The quantitative estimate of drug-likeness (QED) is 0.856. The van der Waals surface area contributed by atoms with Gasteiger partial charge in [0.15, 0.2) is 0 Å². The Morgan fingerprint density at radius 2 is 1.95 bits per heavy atom.